The van der Waals surface area contributed by atoms with E-state index < -0.39 is 0 Å². The quantitative estimate of drug-likeness (QED) is 0.497. The standard InChI is InChI=1S/C17H19NO4S/c18-17-13(8-11-4-2-1-3-5-11)7-6-12-9-14(23-22-21-20)10-15(19)16(12)17/h1-5,9-10,13,17,19-20H,6-8,18H2/p-1. The highest BCUT2D eigenvalue weighted by atomic mass is 32.2. The van der Waals surface area contributed by atoms with Crippen LogP contribution in [-0.2, 0) is 22.2 Å². The van der Waals surface area contributed by atoms with Gasteiger partial charge in [0, 0.05) is 10.9 Å². The summed E-state index contributed by atoms with van der Waals surface area (Å²) in [5.74, 6) is 0.171. The van der Waals surface area contributed by atoms with Gasteiger partial charge in [-0.25, -0.2) is 5.26 Å². The molecule has 2 aromatic rings. The molecule has 122 valence electrons. The molecule has 6 heteroatoms. The third kappa shape index (κ3) is 3.68. The minimum Gasteiger partial charge on any atom is -0.872 e. The summed E-state index contributed by atoms with van der Waals surface area (Å²) in [7, 11) is 0. The lowest BCUT2D eigenvalue weighted by Gasteiger charge is -2.35. The van der Waals surface area contributed by atoms with Crippen molar-refractivity contribution in [3.8, 4) is 5.75 Å². The van der Waals surface area contributed by atoms with Gasteiger partial charge in [0.1, 0.15) is 0 Å². The summed E-state index contributed by atoms with van der Waals surface area (Å²) in [5, 5.41) is 24.2. The van der Waals surface area contributed by atoms with Gasteiger partial charge in [0.15, 0.2) is 0 Å². The zero-order valence-electron chi connectivity index (χ0n) is 12.5. The molecular weight excluding hydrogens is 314 g/mol. The molecule has 2 unspecified atom stereocenters. The van der Waals surface area contributed by atoms with E-state index in [9.17, 15) is 5.11 Å². The summed E-state index contributed by atoms with van der Waals surface area (Å²) in [4.78, 5) is 0.594. The Labute approximate surface area is 139 Å². The molecule has 0 heterocycles. The highest BCUT2D eigenvalue weighted by molar-refractivity contribution is 7.94. The van der Waals surface area contributed by atoms with Crippen LogP contribution in [0.3, 0.4) is 0 Å². The Balaban J connectivity index is 1.80. The van der Waals surface area contributed by atoms with E-state index >= 15 is 0 Å². The van der Waals surface area contributed by atoms with Crippen LogP contribution < -0.4 is 10.8 Å². The van der Waals surface area contributed by atoms with Crippen LogP contribution in [0.5, 0.6) is 5.75 Å². The molecule has 0 aliphatic heterocycles. The van der Waals surface area contributed by atoms with Gasteiger partial charge in [-0.3, -0.25) is 0 Å². The van der Waals surface area contributed by atoms with Gasteiger partial charge in [-0.2, -0.15) is 0 Å². The summed E-state index contributed by atoms with van der Waals surface area (Å²) in [6.07, 6.45) is 2.62. The van der Waals surface area contributed by atoms with Crippen LogP contribution in [0.4, 0.5) is 0 Å². The van der Waals surface area contributed by atoms with Crippen molar-refractivity contribution in [2.45, 2.75) is 30.2 Å². The minimum absolute atomic E-state index is 0.0863. The van der Waals surface area contributed by atoms with Crippen molar-refractivity contribution in [3.63, 3.8) is 0 Å². The molecule has 1 aliphatic carbocycles. The summed E-state index contributed by atoms with van der Waals surface area (Å²) in [5.41, 5.74) is 9.28. The number of hydrogen-bond donors (Lipinski definition) is 2. The summed E-state index contributed by atoms with van der Waals surface area (Å²) >= 11 is 0.799. The average molecular weight is 332 g/mol. The Hall–Kier alpha value is -1.57. The first-order valence-corrected chi connectivity index (χ1v) is 8.21. The van der Waals surface area contributed by atoms with E-state index in [1.807, 2.05) is 24.3 Å². The first kappa shape index (κ1) is 16.3. The summed E-state index contributed by atoms with van der Waals surface area (Å²) in [6.45, 7) is 0. The van der Waals surface area contributed by atoms with Crippen LogP contribution in [0, 0.1) is 5.92 Å². The second-order valence-electron chi connectivity index (χ2n) is 5.73. The molecule has 0 fully saturated rings. The van der Waals surface area contributed by atoms with Gasteiger partial charge < -0.3 is 10.8 Å². The second-order valence-corrected chi connectivity index (χ2v) is 6.51. The zero-order valence-corrected chi connectivity index (χ0v) is 13.3. The van der Waals surface area contributed by atoms with Crippen molar-refractivity contribution < 1.29 is 19.7 Å². The molecule has 0 radical (unpaired) electrons. The van der Waals surface area contributed by atoms with E-state index in [2.05, 4.69) is 21.5 Å². The maximum absolute atomic E-state index is 12.4. The normalized spacial score (nSPS) is 20.3. The number of benzene rings is 2. The van der Waals surface area contributed by atoms with Crippen molar-refractivity contribution in [2.75, 3.05) is 0 Å². The van der Waals surface area contributed by atoms with E-state index in [1.54, 1.807) is 0 Å². The molecule has 23 heavy (non-hydrogen) atoms. The largest absolute Gasteiger partial charge is 0.872 e. The maximum Gasteiger partial charge on any atom is 0.0714 e. The van der Waals surface area contributed by atoms with Crippen LogP contribution in [0.1, 0.15) is 29.2 Å². The Morgan fingerprint density at radius 3 is 2.78 bits per heavy atom. The van der Waals surface area contributed by atoms with Crippen LogP contribution >= 0.6 is 12.0 Å². The van der Waals surface area contributed by atoms with Crippen LogP contribution in [-0.4, -0.2) is 5.26 Å². The molecule has 2 aromatic carbocycles. The first-order valence-electron chi connectivity index (χ1n) is 7.47. The predicted molar refractivity (Wildman–Crippen MR) is 85.4 cm³/mol. The lowest BCUT2D eigenvalue weighted by molar-refractivity contribution is -0.432. The fraction of sp³-hybridized carbons (Fsp3) is 0.294. The summed E-state index contributed by atoms with van der Waals surface area (Å²) < 4.78 is 4.39. The smallest absolute Gasteiger partial charge is 0.0714 e. The van der Waals surface area contributed by atoms with E-state index in [1.165, 1.54) is 11.6 Å². The fourth-order valence-electron chi connectivity index (χ4n) is 3.25. The third-order valence-electron chi connectivity index (χ3n) is 4.33. The van der Waals surface area contributed by atoms with Gasteiger partial charge in [0.25, 0.3) is 0 Å². The van der Waals surface area contributed by atoms with Gasteiger partial charge in [-0.1, -0.05) is 41.4 Å². The van der Waals surface area contributed by atoms with Crippen molar-refractivity contribution in [2.24, 2.45) is 11.7 Å². The monoisotopic (exact) mass is 332 g/mol. The van der Waals surface area contributed by atoms with Gasteiger partial charge in [-0.05, 0) is 47.9 Å². The molecule has 2 atom stereocenters. The molecule has 3 rings (SSSR count). The molecule has 0 amide bonds. The maximum atomic E-state index is 12.4. The van der Waals surface area contributed by atoms with E-state index in [0.717, 1.165) is 36.9 Å². The SMILES string of the molecule is NC1c2c([O-])cc(SOOO)cc2CCC1Cc1ccccc1. The van der Waals surface area contributed by atoms with Crippen LogP contribution in [0.2, 0.25) is 0 Å². The number of nitrogens with two attached hydrogens (primary N) is 1. The van der Waals surface area contributed by atoms with Gasteiger partial charge in [0.05, 0.1) is 12.0 Å². The Morgan fingerprint density at radius 1 is 1.26 bits per heavy atom. The minimum atomic E-state index is -0.263. The second kappa shape index (κ2) is 7.33. The molecular formula is C17H18NO4S-. The van der Waals surface area contributed by atoms with Gasteiger partial charge in [0.2, 0.25) is 0 Å². The summed E-state index contributed by atoms with van der Waals surface area (Å²) in [6, 6.07) is 13.3. The first-order chi connectivity index (χ1) is 11.2. The predicted octanol–water partition coefficient (Wildman–Crippen LogP) is 2.99. The lowest BCUT2D eigenvalue weighted by Crippen LogP contribution is -2.30. The van der Waals surface area contributed by atoms with Crippen molar-refractivity contribution in [3.05, 3.63) is 59.2 Å². The van der Waals surface area contributed by atoms with Crippen molar-refractivity contribution in [1.82, 2.24) is 0 Å². The Kier molecular flexibility index (Phi) is 5.20. The highest BCUT2D eigenvalue weighted by Crippen LogP contribution is 2.40. The highest BCUT2D eigenvalue weighted by Gasteiger charge is 2.27. The number of aryl methyl sites for hydroxylation is 1. The van der Waals surface area contributed by atoms with Crippen molar-refractivity contribution in [1.29, 1.82) is 0 Å². The Bertz CT molecular complexity index is 665. The molecule has 5 nitrogen and oxygen atoms in total. The fourth-order valence-corrected chi connectivity index (χ4v) is 3.70. The van der Waals surface area contributed by atoms with Crippen molar-refractivity contribution >= 4 is 12.0 Å². The third-order valence-corrected chi connectivity index (χ3v) is 4.89. The zero-order chi connectivity index (χ0) is 16.2. The topological polar surface area (TPSA) is 87.8 Å². The molecule has 0 bridgehead atoms. The van der Waals surface area contributed by atoms with E-state index in [-0.39, 0.29) is 17.7 Å². The number of fused-ring (bicyclic) bond motifs is 1. The van der Waals surface area contributed by atoms with E-state index in [0.29, 0.717) is 10.5 Å². The number of rotatable bonds is 5. The van der Waals surface area contributed by atoms with Crippen LogP contribution in [0.25, 0.3) is 0 Å². The van der Waals surface area contributed by atoms with Gasteiger partial charge in [-0.15, -0.1) is 10.1 Å². The molecule has 0 aromatic heterocycles. The van der Waals surface area contributed by atoms with Crippen LogP contribution in [0.15, 0.2) is 47.4 Å². The Morgan fingerprint density at radius 2 is 2.04 bits per heavy atom. The molecule has 0 saturated heterocycles. The molecule has 3 N–H and O–H groups in total. The van der Waals surface area contributed by atoms with Gasteiger partial charge >= 0.3 is 0 Å². The average Bonchev–Trinajstić information content (AvgIpc) is 2.56. The lowest BCUT2D eigenvalue weighted by atomic mass is 9.77. The number of hydrogen-bond acceptors (Lipinski definition) is 6. The van der Waals surface area contributed by atoms with E-state index in [4.69, 9.17) is 11.0 Å². The molecule has 1 aliphatic rings. The molecule has 0 saturated carbocycles. The molecule has 0 spiro atoms.